The third-order valence-corrected chi connectivity index (χ3v) is 2.04. The monoisotopic (exact) mass is 168 g/mol. The van der Waals surface area contributed by atoms with E-state index in [1.165, 1.54) is 0 Å². The Morgan fingerprint density at radius 1 is 1.75 bits per heavy atom. The van der Waals surface area contributed by atoms with Crippen molar-refractivity contribution < 1.29 is 4.74 Å². The molecule has 0 fully saturated rings. The average Bonchev–Trinajstić information content (AvgIpc) is 2.03. The number of ether oxygens (including phenoxy) is 1. The second-order valence-electron chi connectivity index (χ2n) is 3.08. The summed E-state index contributed by atoms with van der Waals surface area (Å²) in [6.45, 7) is 7.07. The first-order valence-corrected chi connectivity index (χ1v) is 4.06. The van der Waals surface area contributed by atoms with Gasteiger partial charge in [0.15, 0.2) is 0 Å². The van der Waals surface area contributed by atoms with Crippen molar-refractivity contribution in [3.63, 3.8) is 0 Å². The van der Waals surface area contributed by atoms with Crippen LogP contribution in [0.25, 0.3) is 0 Å². The summed E-state index contributed by atoms with van der Waals surface area (Å²) in [5, 5.41) is 3.14. The lowest BCUT2D eigenvalue weighted by molar-refractivity contribution is 0.126. The van der Waals surface area contributed by atoms with Gasteiger partial charge in [-0.1, -0.05) is 12.2 Å². The van der Waals surface area contributed by atoms with Crippen molar-refractivity contribution in [2.24, 2.45) is 5.73 Å². The van der Waals surface area contributed by atoms with Crippen LogP contribution in [0.3, 0.4) is 0 Å². The summed E-state index contributed by atoms with van der Waals surface area (Å²) in [6.07, 6.45) is 0. The van der Waals surface area contributed by atoms with Crippen LogP contribution in [0.5, 0.6) is 0 Å². The number of hydrogen-bond donors (Lipinski definition) is 2. The summed E-state index contributed by atoms with van der Waals surface area (Å²) in [5.74, 6) is 0. The van der Waals surface area contributed by atoms with Crippen LogP contribution in [-0.2, 0) is 4.74 Å². The maximum atomic E-state index is 5.80. The molecular weight excluding hydrogens is 152 g/mol. The molecular formula is C9H16N2O. The van der Waals surface area contributed by atoms with Crippen LogP contribution < -0.4 is 11.1 Å². The van der Waals surface area contributed by atoms with Gasteiger partial charge in [0.2, 0.25) is 0 Å². The van der Waals surface area contributed by atoms with Gasteiger partial charge < -0.3 is 15.8 Å². The van der Waals surface area contributed by atoms with Crippen molar-refractivity contribution in [1.29, 1.82) is 0 Å². The Balaban J connectivity index is 2.91. The molecule has 1 atom stereocenters. The summed E-state index contributed by atoms with van der Waals surface area (Å²) in [7, 11) is 1.90. The number of nitrogens with one attached hydrogen (secondary N) is 1. The van der Waals surface area contributed by atoms with Gasteiger partial charge in [-0.3, -0.25) is 0 Å². The minimum Gasteiger partial charge on any atom is -0.400 e. The van der Waals surface area contributed by atoms with Crippen LogP contribution in [0, 0.1) is 0 Å². The lowest BCUT2D eigenvalue weighted by Crippen LogP contribution is -2.39. The van der Waals surface area contributed by atoms with Gasteiger partial charge in [0.1, 0.15) is 0 Å². The largest absolute Gasteiger partial charge is 0.400 e. The normalized spacial score (nSPS) is 24.3. The van der Waals surface area contributed by atoms with Crippen LogP contribution in [0.15, 0.2) is 23.4 Å². The number of hydrogen-bond acceptors (Lipinski definition) is 3. The molecule has 3 N–H and O–H groups in total. The summed E-state index contributed by atoms with van der Waals surface area (Å²) in [4.78, 5) is 0. The Kier molecular flexibility index (Phi) is 2.89. The number of rotatable bonds is 2. The van der Waals surface area contributed by atoms with Gasteiger partial charge in [0.05, 0.1) is 19.3 Å². The molecule has 0 amide bonds. The lowest BCUT2D eigenvalue weighted by Gasteiger charge is -2.27. The van der Waals surface area contributed by atoms with E-state index < -0.39 is 0 Å². The number of likely N-dealkylation sites (N-methyl/N-ethyl adjacent to an activating group) is 1. The zero-order chi connectivity index (χ0) is 9.14. The zero-order valence-electron chi connectivity index (χ0n) is 7.68. The first kappa shape index (κ1) is 9.29. The first-order chi connectivity index (χ1) is 5.66. The van der Waals surface area contributed by atoms with Crippen molar-refractivity contribution in [3.8, 4) is 0 Å². The molecule has 1 heterocycles. The van der Waals surface area contributed by atoms with Crippen LogP contribution in [0.1, 0.15) is 6.92 Å². The van der Waals surface area contributed by atoms with Crippen molar-refractivity contribution >= 4 is 0 Å². The predicted molar refractivity (Wildman–Crippen MR) is 49.7 cm³/mol. The fourth-order valence-corrected chi connectivity index (χ4v) is 1.47. The molecule has 12 heavy (non-hydrogen) atoms. The fraction of sp³-hybridized carbons (Fsp3) is 0.556. The van der Waals surface area contributed by atoms with Crippen molar-refractivity contribution in [2.75, 3.05) is 20.3 Å². The summed E-state index contributed by atoms with van der Waals surface area (Å²) >= 11 is 0. The molecule has 68 valence electrons. The Hall–Kier alpha value is -0.800. The Bertz CT molecular complexity index is 221. The van der Waals surface area contributed by atoms with Crippen LogP contribution in [0.4, 0.5) is 0 Å². The van der Waals surface area contributed by atoms with Crippen LogP contribution >= 0.6 is 0 Å². The quantitative estimate of drug-likeness (QED) is 0.627. The van der Waals surface area contributed by atoms with E-state index in [1.54, 1.807) is 0 Å². The van der Waals surface area contributed by atoms with Crippen LogP contribution in [-0.4, -0.2) is 26.3 Å². The molecule has 3 heteroatoms. The smallest absolute Gasteiger partial charge is 0.0864 e. The SMILES string of the molecule is C=C(C)C1=C(N)COC[C@H]1NC. The van der Waals surface area contributed by atoms with Gasteiger partial charge in [-0.15, -0.1) is 0 Å². The molecule has 0 spiro atoms. The van der Waals surface area contributed by atoms with E-state index in [0.717, 1.165) is 16.8 Å². The maximum absolute atomic E-state index is 5.80. The third-order valence-electron chi connectivity index (χ3n) is 2.04. The highest BCUT2D eigenvalue weighted by Crippen LogP contribution is 2.18. The first-order valence-electron chi connectivity index (χ1n) is 4.06. The molecule has 1 aliphatic heterocycles. The number of nitrogens with two attached hydrogens (primary N) is 1. The van der Waals surface area contributed by atoms with Crippen molar-refractivity contribution in [2.45, 2.75) is 13.0 Å². The van der Waals surface area contributed by atoms with E-state index in [-0.39, 0.29) is 6.04 Å². The highest BCUT2D eigenvalue weighted by molar-refractivity contribution is 5.36. The molecule has 0 radical (unpaired) electrons. The van der Waals surface area contributed by atoms with Crippen LogP contribution in [0.2, 0.25) is 0 Å². The zero-order valence-corrected chi connectivity index (χ0v) is 7.68. The van der Waals surface area contributed by atoms with Gasteiger partial charge in [-0.2, -0.15) is 0 Å². The topological polar surface area (TPSA) is 47.3 Å². The minimum atomic E-state index is 0.205. The summed E-state index contributed by atoms with van der Waals surface area (Å²) in [5.41, 5.74) is 8.74. The van der Waals surface area contributed by atoms with Gasteiger partial charge in [-0.05, 0) is 19.5 Å². The van der Waals surface area contributed by atoms with E-state index in [4.69, 9.17) is 10.5 Å². The van der Waals surface area contributed by atoms with Gasteiger partial charge in [0.25, 0.3) is 0 Å². The summed E-state index contributed by atoms with van der Waals surface area (Å²) in [6, 6.07) is 0.205. The van der Waals surface area contributed by atoms with E-state index >= 15 is 0 Å². The highest BCUT2D eigenvalue weighted by Gasteiger charge is 2.20. The van der Waals surface area contributed by atoms with Gasteiger partial charge >= 0.3 is 0 Å². The van der Waals surface area contributed by atoms with Gasteiger partial charge in [0, 0.05) is 5.70 Å². The van der Waals surface area contributed by atoms with E-state index in [0.29, 0.717) is 13.2 Å². The van der Waals surface area contributed by atoms with Crippen molar-refractivity contribution in [3.05, 3.63) is 23.4 Å². The van der Waals surface area contributed by atoms with E-state index in [2.05, 4.69) is 11.9 Å². The molecule has 1 rings (SSSR count). The second-order valence-corrected chi connectivity index (χ2v) is 3.08. The van der Waals surface area contributed by atoms with E-state index in [9.17, 15) is 0 Å². The molecule has 0 bridgehead atoms. The molecule has 0 saturated carbocycles. The Morgan fingerprint density at radius 2 is 2.42 bits per heavy atom. The standard InChI is InChI=1S/C9H16N2O/c1-6(2)9-7(10)4-12-5-8(9)11-3/h8,11H,1,4-5,10H2,2-3H3/t8-/m1/s1. The average molecular weight is 168 g/mol. The van der Waals surface area contributed by atoms with Crippen molar-refractivity contribution in [1.82, 2.24) is 5.32 Å². The molecule has 0 aromatic heterocycles. The third kappa shape index (κ3) is 1.68. The van der Waals surface area contributed by atoms with Gasteiger partial charge in [-0.25, -0.2) is 0 Å². The Morgan fingerprint density at radius 3 is 2.83 bits per heavy atom. The lowest BCUT2D eigenvalue weighted by atomic mass is 9.98. The molecule has 0 saturated heterocycles. The fourth-order valence-electron chi connectivity index (χ4n) is 1.47. The predicted octanol–water partition coefficient (Wildman–Crippen LogP) is 0.393. The minimum absolute atomic E-state index is 0.205. The molecule has 0 aromatic rings. The summed E-state index contributed by atoms with van der Waals surface area (Å²) < 4.78 is 5.28. The van der Waals surface area contributed by atoms with E-state index in [1.807, 2.05) is 14.0 Å². The molecule has 3 nitrogen and oxygen atoms in total. The second kappa shape index (κ2) is 3.74. The maximum Gasteiger partial charge on any atom is 0.0864 e. The Labute approximate surface area is 73.3 Å². The molecule has 0 aliphatic carbocycles. The highest BCUT2D eigenvalue weighted by atomic mass is 16.5. The molecule has 0 unspecified atom stereocenters. The molecule has 1 aliphatic rings. The molecule has 0 aromatic carbocycles.